The number of nitrogens with one attached hydrogen (secondary N) is 1. The fourth-order valence-corrected chi connectivity index (χ4v) is 1.17. The normalized spacial score (nSPS) is 10.4. The van der Waals surface area contributed by atoms with E-state index in [0.29, 0.717) is 10.6 Å². The molecule has 0 fully saturated rings. The highest BCUT2D eigenvalue weighted by Crippen LogP contribution is 2.12. The van der Waals surface area contributed by atoms with Crippen LogP contribution in [0.2, 0.25) is 5.02 Å². The van der Waals surface area contributed by atoms with Crippen molar-refractivity contribution in [2.24, 2.45) is 10.8 Å². The van der Waals surface area contributed by atoms with Crippen molar-refractivity contribution < 1.29 is 4.84 Å². The molecule has 0 aliphatic rings. The Labute approximate surface area is 105 Å². The van der Waals surface area contributed by atoms with E-state index in [1.165, 1.54) is 12.3 Å². The number of hydroxylamine groups is 1. The Morgan fingerprint density at radius 2 is 2.29 bits per heavy atom. The summed E-state index contributed by atoms with van der Waals surface area (Å²) in [6, 6.07) is 7.18. The van der Waals surface area contributed by atoms with E-state index in [1.807, 2.05) is 12.1 Å². The number of nitrogens with zero attached hydrogens (tertiary/aromatic N) is 2. The van der Waals surface area contributed by atoms with Gasteiger partial charge >= 0.3 is 0 Å². The largest absolute Gasteiger partial charge is 0.367 e. The Morgan fingerprint density at radius 1 is 1.59 bits per heavy atom. The summed E-state index contributed by atoms with van der Waals surface area (Å²) in [6.45, 7) is 3.70. The molecule has 0 saturated heterocycles. The molecule has 0 radical (unpaired) electrons. The Kier molecular flexibility index (Phi) is 5.19. The van der Waals surface area contributed by atoms with Crippen LogP contribution in [0.25, 0.3) is 0 Å². The van der Waals surface area contributed by atoms with Gasteiger partial charge in [-0.05, 0) is 6.07 Å². The lowest BCUT2D eigenvalue weighted by Crippen LogP contribution is -2.32. The van der Waals surface area contributed by atoms with E-state index in [-0.39, 0.29) is 12.6 Å². The number of guanidine groups is 1. The Morgan fingerprint density at radius 3 is 2.88 bits per heavy atom. The zero-order valence-electron chi connectivity index (χ0n) is 9.14. The number of halogens is 1. The average molecular weight is 253 g/mol. The molecule has 0 saturated carbocycles. The van der Waals surface area contributed by atoms with Crippen LogP contribution in [0.3, 0.4) is 0 Å². The first kappa shape index (κ1) is 13.2. The van der Waals surface area contributed by atoms with Crippen molar-refractivity contribution in [3.63, 3.8) is 0 Å². The van der Waals surface area contributed by atoms with Crippen LogP contribution in [0.5, 0.6) is 0 Å². The van der Waals surface area contributed by atoms with Gasteiger partial charge in [0.05, 0.1) is 12.8 Å². The quantitative estimate of drug-likeness (QED) is 0.364. The Hall–Kier alpha value is -1.85. The lowest BCUT2D eigenvalue weighted by Gasteiger charge is -2.14. The topological polar surface area (TPSA) is 74.7 Å². The van der Waals surface area contributed by atoms with Crippen LogP contribution < -0.4 is 5.73 Å². The molecule has 1 aromatic rings. The molecule has 0 atom stereocenters. The minimum atomic E-state index is -0.324. The van der Waals surface area contributed by atoms with Crippen LogP contribution in [0.1, 0.15) is 5.56 Å². The van der Waals surface area contributed by atoms with Gasteiger partial charge in [0.2, 0.25) is 5.96 Å². The van der Waals surface area contributed by atoms with Crippen molar-refractivity contribution >= 4 is 23.8 Å². The third-order valence-corrected chi connectivity index (χ3v) is 2.07. The number of hydrazone groups is 1. The molecule has 0 heterocycles. The van der Waals surface area contributed by atoms with Crippen LogP contribution in [0.4, 0.5) is 0 Å². The summed E-state index contributed by atoms with van der Waals surface area (Å²) >= 11 is 5.94. The number of hydrogen-bond acceptors (Lipinski definition) is 3. The second-order valence-corrected chi connectivity index (χ2v) is 3.42. The maximum absolute atomic E-state index is 7.25. The fourth-order valence-electron chi connectivity index (χ4n) is 0.983. The third kappa shape index (κ3) is 4.26. The first-order chi connectivity index (χ1) is 8.15. The van der Waals surface area contributed by atoms with Crippen molar-refractivity contribution in [1.82, 2.24) is 5.17 Å². The molecule has 0 amide bonds. The molecular weight excluding hydrogens is 240 g/mol. The molecule has 0 spiro atoms. The van der Waals surface area contributed by atoms with Gasteiger partial charge in [0, 0.05) is 10.6 Å². The van der Waals surface area contributed by atoms with Gasteiger partial charge in [0.1, 0.15) is 0 Å². The van der Waals surface area contributed by atoms with Crippen LogP contribution >= 0.6 is 11.6 Å². The van der Waals surface area contributed by atoms with Gasteiger partial charge in [0.25, 0.3) is 0 Å². The molecule has 0 aliphatic heterocycles. The first-order valence-corrected chi connectivity index (χ1v) is 5.19. The third-order valence-electron chi connectivity index (χ3n) is 1.73. The van der Waals surface area contributed by atoms with E-state index in [1.54, 1.807) is 12.1 Å². The summed E-state index contributed by atoms with van der Waals surface area (Å²) in [6.07, 6.45) is 2.99. The molecule has 5 nitrogen and oxygen atoms in total. The molecule has 0 unspecified atom stereocenters. The molecule has 0 aliphatic carbocycles. The van der Waals surface area contributed by atoms with Gasteiger partial charge in [-0.25, -0.2) is 4.84 Å². The monoisotopic (exact) mass is 252 g/mol. The van der Waals surface area contributed by atoms with E-state index in [4.69, 9.17) is 27.6 Å². The van der Waals surface area contributed by atoms with Crippen LogP contribution in [-0.4, -0.2) is 24.0 Å². The van der Waals surface area contributed by atoms with E-state index in [0.717, 1.165) is 5.17 Å². The summed E-state index contributed by atoms with van der Waals surface area (Å²) in [5.74, 6) is -0.324. The molecular formula is C11H13ClN4O. The fraction of sp³-hybridized carbons (Fsp3) is 0.0909. The second-order valence-electron chi connectivity index (χ2n) is 3.01. The maximum Gasteiger partial charge on any atom is 0.236 e. The molecule has 1 aromatic carbocycles. The summed E-state index contributed by atoms with van der Waals surface area (Å²) in [7, 11) is 0. The predicted molar refractivity (Wildman–Crippen MR) is 68.9 cm³/mol. The molecule has 90 valence electrons. The van der Waals surface area contributed by atoms with Gasteiger partial charge in [-0.2, -0.15) is 5.10 Å². The van der Waals surface area contributed by atoms with Gasteiger partial charge < -0.3 is 5.73 Å². The van der Waals surface area contributed by atoms with Gasteiger partial charge in [-0.15, -0.1) is 11.8 Å². The minimum absolute atomic E-state index is 0.208. The minimum Gasteiger partial charge on any atom is -0.367 e. The molecule has 6 heteroatoms. The Balaban J connectivity index is 2.76. The van der Waals surface area contributed by atoms with Crippen molar-refractivity contribution in [2.75, 3.05) is 6.61 Å². The molecule has 17 heavy (non-hydrogen) atoms. The van der Waals surface area contributed by atoms with Gasteiger partial charge in [-0.3, -0.25) is 5.41 Å². The van der Waals surface area contributed by atoms with Crippen LogP contribution in [0, 0.1) is 5.41 Å². The van der Waals surface area contributed by atoms with E-state index in [9.17, 15) is 0 Å². The average Bonchev–Trinajstić information content (AvgIpc) is 2.31. The summed E-state index contributed by atoms with van der Waals surface area (Å²) in [4.78, 5) is 5.04. The van der Waals surface area contributed by atoms with Gasteiger partial charge in [-0.1, -0.05) is 35.9 Å². The van der Waals surface area contributed by atoms with Crippen molar-refractivity contribution in [1.29, 1.82) is 5.41 Å². The zero-order chi connectivity index (χ0) is 12.7. The first-order valence-electron chi connectivity index (χ1n) is 4.81. The second kappa shape index (κ2) is 6.67. The molecule has 3 N–H and O–H groups in total. The van der Waals surface area contributed by atoms with Crippen LogP contribution in [0.15, 0.2) is 42.0 Å². The smallest absolute Gasteiger partial charge is 0.236 e. The summed E-state index contributed by atoms with van der Waals surface area (Å²) in [5.41, 5.74) is 5.99. The number of benzene rings is 1. The van der Waals surface area contributed by atoms with Crippen molar-refractivity contribution in [2.45, 2.75) is 0 Å². The number of hydrogen-bond donors (Lipinski definition) is 2. The van der Waals surface area contributed by atoms with Crippen molar-refractivity contribution in [3.8, 4) is 0 Å². The lowest BCUT2D eigenvalue weighted by atomic mass is 10.2. The highest BCUT2D eigenvalue weighted by Gasteiger charge is 2.03. The standard InChI is InChI=1S/C11H13ClN4O/c1-2-7-17-16(11(13)14)15-8-9-5-3-4-6-10(9)12/h2-6,8H,1,7H2,(H3,13,14)/b15-8+. The highest BCUT2D eigenvalue weighted by molar-refractivity contribution is 6.33. The number of rotatable bonds is 5. The molecule has 0 bridgehead atoms. The van der Waals surface area contributed by atoms with E-state index >= 15 is 0 Å². The number of nitrogens with two attached hydrogens (primary N) is 1. The SMILES string of the molecule is C=CCON(/N=C/c1ccccc1Cl)C(=N)N. The molecule has 0 aromatic heterocycles. The van der Waals surface area contributed by atoms with Gasteiger partial charge in [0.15, 0.2) is 0 Å². The van der Waals surface area contributed by atoms with Crippen LogP contribution in [-0.2, 0) is 4.84 Å². The maximum atomic E-state index is 7.25. The lowest BCUT2D eigenvalue weighted by molar-refractivity contribution is -0.0857. The van der Waals surface area contributed by atoms with Crippen molar-refractivity contribution in [3.05, 3.63) is 47.5 Å². The Bertz CT molecular complexity index is 433. The van der Waals surface area contributed by atoms with E-state index < -0.39 is 0 Å². The zero-order valence-corrected chi connectivity index (χ0v) is 9.89. The van der Waals surface area contributed by atoms with E-state index in [2.05, 4.69) is 11.7 Å². The molecule has 1 rings (SSSR count). The highest BCUT2D eigenvalue weighted by atomic mass is 35.5. The summed E-state index contributed by atoms with van der Waals surface area (Å²) < 4.78 is 0. The summed E-state index contributed by atoms with van der Waals surface area (Å²) in [5, 5.41) is 12.6. The predicted octanol–water partition coefficient (Wildman–Crippen LogP) is 1.99.